The van der Waals surface area contributed by atoms with E-state index in [0.717, 1.165) is 55.0 Å². The molecule has 1 N–H and O–H groups in total. The Morgan fingerprint density at radius 1 is 1.20 bits per heavy atom. The molecule has 1 aliphatic rings. The zero-order chi connectivity index (χ0) is 17.6. The first-order chi connectivity index (χ1) is 12.1. The average Bonchev–Trinajstić information content (AvgIpc) is 2.80. The number of amides is 1. The summed E-state index contributed by atoms with van der Waals surface area (Å²) in [5, 5.41) is 6.82. The highest BCUT2D eigenvalue weighted by Gasteiger charge is 2.22. The van der Waals surface area contributed by atoms with E-state index in [4.69, 9.17) is 14.0 Å². The molecule has 6 nitrogen and oxygen atoms in total. The lowest BCUT2D eigenvalue weighted by Gasteiger charge is -2.16. The number of hydrogen-bond acceptors (Lipinski definition) is 5. The highest BCUT2D eigenvalue weighted by atomic mass is 16.5. The summed E-state index contributed by atoms with van der Waals surface area (Å²) in [5.74, 6) is 2.26. The number of benzene rings is 1. The standard InChI is InChI=1S/C19H24N2O4/c1-13-17(14(2)25-21-13)10-12-23-15-6-8-16(9-7-15)24-18-5-3-4-11-20-19(18)22/h6-9,18H,3-5,10-12H2,1-2H3,(H,20,22). The Morgan fingerprint density at radius 3 is 2.68 bits per heavy atom. The normalized spacial score (nSPS) is 17.7. The molecule has 25 heavy (non-hydrogen) atoms. The van der Waals surface area contributed by atoms with Crippen LogP contribution in [0.15, 0.2) is 28.8 Å². The predicted molar refractivity (Wildman–Crippen MR) is 92.9 cm³/mol. The van der Waals surface area contributed by atoms with Gasteiger partial charge in [-0.3, -0.25) is 4.79 Å². The molecule has 2 aromatic rings. The lowest BCUT2D eigenvalue weighted by atomic mass is 10.1. The number of aromatic nitrogens is 1. The fourth-order valence-electron chi connectivity index (χ4n) is 2.93. The Labute approximate surface area is 147 Å². The zero-order valence-corrected chi connectivity index (χ0v) is 14.7. The molecule has 6 heteroatoms. The SMILES string of the molecule is Cc1noc(C)c1CCOc1ccc(OC2CCCCNC2=O)cc1. The summed E-state index contributed by atoms with van der Waals surface area (Å²) in [6.07, 6.45) is 3.09. The van der Waals surface area contributed by atoms with E-state index in [1.54, 1.807) is 0 Å². The molecule has 1 amide bonds. The van der Waals surface area contributed by atoms with E-state index in [1.165, 1.54) is 0 Å². The van der Waals surface area contributed by atoms with Crippen LogP contribution < -0.4 is 14.8 Å². The Bertz CT molecular complexity index is 689. The third-order valence-corrected chi connectivity index (χ3v) is 4.39. The van der Waals surface area contributed by atoms with Gasteiger partial charge >= 0.3 is 0 Å². The van der Waals surface area contributed by atoms with Crippen LogP contribution in [0.3, 0.4) is 0 Å². The molecule has 1 saturated heterocycles. The van der Waals surface area contributed by atoms with Crippen molar-refractivity contribution in [2.24, 2.45) is 0 Å². The minimum atomic E-state index is -0.409. The van der Waals surface area contributed by atoms with Crippen molar-refractivity contribution >= 4 is 5.91 Å². The number of carbonyl (C=O) groups excluding carboxylic acids is 1. The van der Waals surface area contributed by atoms with E-state index in [-0.39, 0.29) is 5.91 Å². The van der Waals surface area contributed by atoms with Crippen molar-refractivity contribution in [2.75, 3.05) is 13.2 Å². The van der Waals surface area contributed by atoms with Gasteiger partial charge in [0.05, 0.1) is 12.3 Å². The van der Waals surface area contributed by atoms with Gasteiger partial charge in [-0.15, -0.1) is 0 Å². The van der Waals surface area contributed by atoms with Crippen LogP contribution in [0.5, 0.6) is 11.5 Å². The second-order valence-electron chi connectivity index (χ2n) is 6.27. The van der Waals surface area contributed by atoms with Crippen LogP contribution in [0, 0.1) is 13.8 Å². The van der Waals surface area contributed by atoms with Crippen molar-refractivity contribution in [1.29, 1.82) is 0 Å². The summed E-state index contributed by atoms with van der Waals surface area (Å²) in [5.41, 5.74) is 2.01. The van der Waals surface area contributed by atoms with Crippen LogP contribution in [-0.2, 0) is 11.2 Å². The van der Waals surface area contributed by atoms with Crippen LogP contribution in [-0.4, -0.2) is 30.3 Å². The Balaban J connectivity index is 1.51. The number of nitrogens with one attached hydrogen (secondary N) is 1. The number of carbonyl (C=O) groups is 1. The van der Waals surface area contributed by atoms with Crippen molar-refractivity contribution in [3.8, 4) is 11.5 Å². The second-order valence-corrected chi connectivity index (χ2v) is 6.27. The minimum absolute atomic E-state index is 0.0303. The monoisotopic (exact) mass is 344 g/mol. The smallest absolute Gasteiger partial charge is 0.261 e. The topological polar surface area (TPSA) is 73.6 Å². The first-order valence-corrected chi connectivity index (χ1v) is 8.72. The van der Waals surface area contributed by atoms with Crippen molar-refractivity contribution < 1.29 is 18.8 Å². The third-order valence-electron chi connectivity index (χ3n) is 4.39. The minimum Gasteiger partial charge on any atom is -0.493 e. The van der Waals surface area contributed by atoms with E-state index >= 15 is 0 Å². The van der Waals surface area contributed by atoms with E-state index < -0.39 is 6.10 Å². The van der Waals surface area contributed by atoms with Crippen LogP contribution >= 0.6 is 0 Å². The summed E-state index contributed by atoms with van der Waals surface area (Å²) in [7, 11) is 0. The number of hydrogen-bond donors (Lipinski definition) is 1. The van der Waals surface area contributed by atoms with Crippen LogP contribution in [0.1, 0.15) is 36.3 Å². The molecular weight excluding hydrogens is 320 g/mol. The molecule has 1 aromatic heterocycles. The maximum atomic E-state index is 11.9. The van der Waals surface area contributed by atoms with Gasteiger partial charge in [0, 0.05) is 18.5 Å². The molecule has 0 aliphatic carbocycles. The molecule has 1 fully saturated rings. The number of aryl methyl sites for hydroxylation is 2. The lowest BCUT2D eigenvalue weighted by Crippen LogP contribution is -2.36. The van der Waals surface area contributed by atoms with E-state index in [2.05, 4.69) is 10.5 Å². The fourth-order valence-corrected chi connectivity index (χ4v) is 2.93. The molecule has 1 unspecified atom stereocenters. The lowest BCUT2D eigenvalue weighted by molar-refractivity contribution is -0.127. The van der Waals surface area contributed by atoms with Crippen molar-refractivity contribution in [3.63, 3.8) is 0 Å². The molecule has 0 radical (unpaired) electrons. The van der Waals surface area contributed by atoms with Crippen LogP contribution in [0.25, 0.3) is 0 Å². The van der Waals surface area contributed by atoms with Gasteiger partial charge in [0.15, 0.2) is 6.10 Å². The molecule has 0 bridgehead atoms. The predicted octanol–water partition coefficient (Wildman–Crippen LogP) is 2.96. The molecule has 2 heterocycles. The van der Waals surface area contributed by atoms with Gasteiger partial charge in [-0.1, -0.05) is 5.16 Å². The van der Waals surface area contributed by atoms with Gasteiger partial charge in [-0.05, 0) is 57.4 Å². The quantitative estimate of drug-likeness (QED) is 0.872. The summed E-state index contributed by atoms with van der Waals surface area (Å²) >= 11 is 0. The fraction of sp³-hybridized carbons (Fsp3) is 0.474. The molecule has 134 valence electrons. The molecule has 1 atom stereocenters. The second kappa shape index (κ2) is 8.05. The number of nitrogens with zero attached hydrogens (tertiary/aromatic N) is 1. The van der Waals surface area contributed by atoms with E-state index in [9.17, 15) is 4.79 Å². The Morgan fingerprint density at radius 2 is 1.96 bits per heavy atom. The highest BCUT2D eigenvalue weighted by Crippen LogP contribution is 2.21. The van der Waals surface area contributed by atoms with Gasteiger partial charge < -0.3 is 19.3 Å². The summed E-state index contributed by atoms with van der Waals surface area (Å²) in [6, 6.07) is 7.39. The van der Waals surface area contributed by atoms with E-state index in [1.807, 2.05) is 38.1 Å². The van der Waals surface area contributed by atoms with E-state index in [0.29, 0.717) is 12.4 Å². The summed E-state index contributed by atoms with van der Waals surface area (Å²) < 4.78 is 16.7. The molecule has 1 aromatic carbocycles. The zero-order valence-electron chi connectivity index (χ0n) is 14.7. The van der Waals surface area contributed by atoms with Gasteiger partial charge in [0.2, 0.25) is 0 Å². The van der Waals surface area contributed by atoms with Gasteiger partial charge in [0.1, 0.15) is 17.3 Å². The van der Waals surface area contributed by atoms with Gasteiger partial charge in [-0.25, -0.2) is 0 Å². The highest BCUT2D eigenvalue weighted by molar-refractivity contribution is 5.81. The molecule has 1 aliphatic heterocycles. The maximum Gasteiger partial charge on any atom is 0.261 e. The molecular formula is C19H24N2O4. The van der Waals surface area contributed by atoms with Gasteiger partial charge in [-0.2, -0.15) is 0 Å². The average molecular weight is 344 g/mol. The first kappa shape index (κ1) is 17.3. The molecule has 0 saturated carbocycles. The van der Waals surface area contributed by atoms with Gasteiger partial charge in [0.25, 0.3) is 5.91 Å². The van der Waals surface area contributed by atoms with Crippen LogP contribution in [0.2, 0.25) is 0 Å². The summed E-state index contributed by atoms with van der Waals surface area (Å²) in [6.45, 7) is 5.12. The third kappa shape index (κ3) is 4.53. The number of rotatable bonds is 6. The Kier molecular flexibility index (Phi) is 5.58. The molecule has 0 spiro atoms. The molecule has 3 rings (SSSR count). The Hall–Kier alpha value is -2.50. The maximum absolute atomic E-state index is 11.9. The number of ether oxygens (including phenoxy) is 2. The summed E-state index contributed by atoms with van der Waals surface area (Å²) in [4.78, 5) is 11.9. The van der Waals surface area contributed by atoms with Crippen molar-refractivity contribution in [2.45, 2.75) is 45.6 Å². The van der Waals surface area contributed by atoms with Crippen molar-refractivity contribution in [3.05, 3.63) is 41.3 Å². The largest absolute Gasteiger partial charge is 0.493 e. The van der Waals surface area contributed by atoms with Crippen molar-refractivity contribution in [1.82, 2.24) is 10.5 Å². The first-order valence-electron chi connectivity index (χ1n) is 8.72. The van der Waals surface area contributed by atoms with Crippen LogP contribution in [0.4, 0.5) is 0 Å².